The Bertz CT molecular complexity index is 1080. The average molecular weight is 449 g/mol. The van der Waals surface area contributed by atoms with Gasteiger partial charge < -0.3 is 20.7 Å². The Morgan fingerprint density at radius 1 is 0.939 bits per heavy atom. The van der Waals surface area contributed by atoms with Crippen LogP contribution in [0.15, 0.2) is 77.8 Å². The largest absolute Gasteiger partial charge is 0.489 e. The van der Waals surface area contributed by atoms with Gasteiger partial charge in [0.25, 0.3) is 5.91 Å². The van der Waals surface area contributed by atoms with Crippen molar-refractivity contribution in [1.29, 1.82) is 0 Å². The zero-order chi connectivity index (χ0) is 23.5. The molecule has 0 aliphatic rings. The first kappa shape index (κ1) is 23.8. The highest BCUT2D eigenvalue weighted by Gasteiger charge is 2.05. The molecule has 0 aliphatic carbocycles. The first-order valence-electron chi connectivity index (χ1n) is 10.8. The smallest absolute Gasteiger partial charge is 0.251 e. The zero-order valence-corrected chi connectivity index (χ0v) is 18.9. The van der Waals surface area contributed by atoms with Gasteiger partial charge in [0.2, 0.25) is 0 Å². The molecule has 3 N–H and O–H groups in total. The third kappa shape index (κ3) is 7.64. The molecule has 0 aromatic heterocycles. The van der Waals surface area contributed by atoms with E-state index in [-0.39, 0.29) is 11.7 Å². The third-order valence-corrected chi connectivity index (χ3v) is 5.02. The maximum absolute atomic E-state index is 13.3. The van der Waals surface area contributed by atoms with Crippen LogP contribution in [-0.4, -0.2) is 32.5 Å². The summed E-state index contributed by atoms with van der Waals surface area (Å²) in [7, 11) is 3.35. The summed E-state index contributed by atoms with van der Waals surface area (Å²) in [6, 6.07) is 21.7. The monoisotopic (exact) mass is 448 g/mol. The molecule has 0 atom stereocenters. The van der Waals surface area contributed by atoms with Crippen LogP contribution in [0.3, 0.4) is 0 Å². The fraction of sp³-hybridized carbons (Fsp3) is 0.231. The molecule has 0 bridgehead atoms. The molecule has 0 heterocycles. The number of carbonyl (C=O) groups is 1. The summed E-state index contributed by atoms with van der Waals surface area (Å²) in [4.78, 5) is 16.0. The van der Waals surface area contributed by atoms with Crippen molar-refractivity contribution in [2.24, 2.45) is 4.99 Å². The van der Waals surface area contributed by atoms with E-state index in [0.717, 1.165) is 28.9 Å². The number of hydrogen-bond acceptors (Lipinski definition) is 3. The van der Waals surface area contributed by atoms with Crippen molar-refractivity contribution in [1.82, 2.24) is 16.0 Å². The Morgan fingerprint density at radius 2 is 1.70 bits per heavy atom. The van der Waals surface area contributed by atoms with Crippen molar-refractivity contribution in [3.63, 3.8) is 0 Å². The maximum atomic E-state index is 13.3. The number of nitrogens with zero attached hydrogens (tertiary/aromatic N) is 1. The van der Waals surface area contributed by atoms with Gasteiger partial charge in [-0.25, -0.2) is 4.39 Å². The van der Waals surface area contributed by atoms with Crippen LogP contribution in [0.1, 0.15) is 27.0 Å². The summed E-state index contributed by atoms with van der Waals surface area (Å²) in [6.07, 6.45) is 0.767. The van der Waals surface area contributed by atoms with Gasteiger partial charge in [-0.1, -0.05) is 36.4 Å². The predicted octanol–water partition coefficient (Wildman–Crippen LogP) is 3.67. The number of aliphatic imine (C=N–C) groups is 1. The number of rotatable bonds is 9. The summed E-state index contributed by atoms with van der Waals surface area (Å²) in [6.45, 7) is 1.61. The molecule has 172 valence electrons. The fourth-order valence-corrected chi connectivity index (χ4v) is 3.24. The summed E-state index contributed by atoms with van der Waals surface area (Å²) < 4.78 is 19.0. The second kappa shape index (κ2) is 12.2. The fourth-order valence-electron chi connectivity index (χ4n) is 3.24. The molecule has 3 aromatic rings. The molecule has 0 unspecified atom stereocenters. The van der Waals surface area contributed by atoms with E-state index in [4.69, 9.17) is 4.74 Å². The zero-order valence-electron chi connectivity index (χ0n) is 18.9. The standard InChI is InChI=1S/C26H29FN4O2/c1-28-25(32)22-7-3-5-19(15-22)13-14-30-26(29-2)31-17-20-9-11-24(12-10-20)33-18-21-6-4-8-23(27)16-21/h3-12,15-16H,13-14,17-18H2,1-2H3,(H,28,32)(H2,29,30,31). The summed E-state index contributed by atoms with van der Waals surface area (Å²) >= 11 is 0. The molecule has 7 heteroatoms. The lowest BCUT2D eigenvalue weighted by Crippen LogP contribution is -2.37. The molecule has 3 rings (SSSR count). The van der Waals surface area contributed by atoms with Crippen LogP contribution in [0.2, 0.25) is 0 Å². The molecule has 3 aromatic carbocycles. The van der Waals surface area contributed by atoms with E-state index in [2.05, 4.69) is 20.9 Å². The van der Waals surface area contributed by atoms with Crippen molar-refractivity contribution in [3.05, 3.63) is 101 Å². The second-order valence-electron chi connectivity index (χ2n) is 7.44. The van der Waals surface area contributed by atoms with Gasteiger partial charge in [0.1, 0.15) is 18.2 Å². The van der Waals surface area contributed by atoms with Crippen molar-refractivity contribution in [3.8, 4) is 5.75 Å². The van der Waals surface area contributed by atoms with Crippen LogP contribution in [0.4, 0.5) is 4.39 Å². The van der Waals surface area contributed by atoms with Crippen molar-refractivity contribution in [2.75, 3.05) is 20.6 Å². The first-order valence-corrected chi connectivity index (χ1v) is 10.8. The maximum Gasteiger partial charge on any atom is 0.251 e. The Labute approximate surface area is 193 Å². The molecule has 33 heavy (non-hydrogen) atoms. The molecular formula is C26H29FN4O2. The predicted molar refractivity (Wildman–Crippen MR) is 129 cm³/mol. The van der Waals surface area contributed by atoms with Crippen LogP contribution in [0.5, 0.6) is 5.75 Å². The van der Waals surface area contributed by atoms with Crippen LogP contribution in [0.25, 0.3) is 0 Å². The minimum atomic E-state index is -0.267. The summed E-state index contributed by atoms with van der Waals surface area (Å²) in [5.41, 5.74) is 3.60. The number of hydrogen-bond donors (Lipinski definition) is 3. The van der Waals surface area contributed by atoms with Crippen LogP contribution >= 0.6 is 0 Å². The lowest BCUT2D eigenvalue weighted by Gasteiger charge is -2.13. The number of halogens is 1. The lowest BCUT2D eigenvalue weighted by atomic mass is 10.1. The Kier molecular flexibility index (Phi) is 8.82. The first-order chi connectivity index (χ1) is 16.1. The van der Waals surface area contributed by atoms with E-state index >= 15 is 0 Å². The van der Waals surface area contributed by atoms with Gasteiger partial charge in [-0.3, -0.25) is 9.79 Å². The van der Waals surface area contributed by atoms with Crippen molar-refractivity contribution < 1.29 is 13.9 Å². The molecule has 0 saturated carbocycles. The van der Waals surface area contributed by atoms with Crippen LogP contribution in [-0.2, 0) is 19.6 Å². The van der Waals surface area contributed by atoms with Gasteiger partial charge in [-0.05, 0) is 59.5 Å². The number of carbonyl (C=O) groups excluding carboxylic acids is 1. The molecule has 0 spiro atoms. The number of guanidine groups is 1. The highest BCUT2D eigenvalue weighted by Crippen LogP contribution is 2.15. The highest BCUT2D eigenvalue weighted by atomic mass is 19.1. The van der Waals surface area contributed by atoms with E-state index in [1.54, 1.807) is 26.2 Å². The van der Waals surface area contributed by atoms with Crippen LogP contribution in [0, 0.1) is 5.82 Å². The van der Waals surface area contributed by atoms with Crippen LogP contribution < -0.4 is 20.7 Å². The molecular weight excluding hydrogens is 419 g/mol. The normalized spacial score (nSPS) is 11.1. The van der Waals surface area contributed by atoms with E-state index in [1.165, 1.54) is 12.1 Å². The number of benzene rings is 3. The topological polar surface area (TPSA) is 74.8 Å². The molecule has 1 amide bonds. The summed E-state index contributed by atoms with van der Waals surface area (Å²) in [5.74, 6) is 1.07. The van der Waals surface area contributed by atoms with Gasteiger partial charge in [0, 0.05) is 32.7 Å². The Hall–Kier alpha value is -3.87. The van der Waals surface area contributed by atoms with Gasteiger partial charge in [0.15, 0.2) is 5.96 Å². The highest BCUT2D eigenvalue weighted by molar-refractivity contribution is 5.94. The molecule has 0 saturated heterocycles. The van der Waals surface area contributed by atoms with E-state index in [9.17, 15) is 9.18 Å². The Balaban J connectivity index is 1.42. The number of ether oxygens (including phenoxy) is 1. The third-order valence-electron chi connectivity index (χ3n) is 5.02. The van der Waals surface area contributed by atoms with Crippen molar-refractivity contribution in [2.45, 2.75) is 19.6 Å². The average Bonchev–Trinajstić information content (AvgIpc) is 2.85. The van der Waals surface area contributed by atoms with E-state index in [1.807, 2.05) is 48.5 Å². The SMILES string of the molecule is CN=C(NCCc1cccc(C(=O)NC)c1)NCc1ccc(OCc2cccc(F)c2)cc1. The van der Waals surface area contributed by atoms with Gasteiger partial charge in [0.05, 0.1) is 0 Å². The number of amides is 1. The van der Waals surface area contributed by atoms with E-state index < -0.39 is 0 Å². The van der Waals surface area contributed by atoms with Gasteiger partial charge in [-0.2, -0.15) is 0 Å². The summed E-state index contributed by atoms with van der Waals surface area (Å²) in [5, 5.41) is 9.21. The minimum absolute atomic E-state index is 0.0901. The van der Waals surface area contributed by atoms with E-state index in [0.29, 0.717) is 31.2 Å². The number of nitrogens with one attached hydrogen (secondary N) is 3. The lowest BCUT2D eigenvalue weighted by molar-refractivity contribution is 0.0963. The molecule has 0 fully saturated rings. The Morgan fingerprint density at radius 3 is 2.42 bits per heavy atom. The second-order valence-corrected chi connectivity index (χ2v) is 7.44. The quantitative estimate of drug-likeness (QED) is 0.345. The minimum Gasteiger partial charge on any atom is -0.489 e. The van der Waals surface area contributed by atoms with Gasteiger partial charge >= 0.3 is 0 Å². The van der Waals surface area contributed by atoms with Crippen molar-refractivity contribution >= 4 is 11.9 Å². The molecule has 6 nitrogen and oxygen atoms in total. The van der Waals surface area contributed by atoms with Gasteiger partial charge in [-0.15, -0.1) is 0 Å². The molecule has 0 aliphatic heterocycles. The molecule has 0 radical (unpaired) electrons.